The van der Waals surface area contributed by atoms with Gasteiger partial charge in [-0.3, -0.25) is 0 Å². The molecule has 0 N–H and O–H groups in total. The molecular weight excluding hydrogens is 284 g/mol. The average molecular weight is 302 g/mol. The summed E-state index contributed by atoms with van der Waals surface area (Å²) >= 11 is 0. The summed E-state index contributed by atoms with van der Waals surface area (Å²) < 4.78 is 21.0. The van der Waals surface area contributed by atoms with Crippen molar-refractivity contribution in [2.45, 2.75) is 6.92 Å². The molecule has 0 aliphatic rings. The molecule has 0 saturated carbocycles. The molecular formula is C17H18O5. The van der Waals surface area contributed by atoms with Crippen molar-refractivity contribution < 1.29 is 23.7 Å². The molecule has 22 heavy (non-hydrogen) atoms. The van der Waals surface area contributed by atoms with Gasteiger partial charge in [0.25, 0.3) is 0 Å². The van der Waals surface area contributed by atoms with Gasteiger partial charge in [0, 0.05) is 0 Å². The number of rotatable bonds is 6. The second kappa shape index (κ2) is 7.36. The summed E-state index contributed by atoms with van der Waals surface area (Å²) in [5, 5.41) is 0. The van der Waals surface area contributed by atoms with E-state index < -0.39 is 5.97 Å². The van der Waals surface area contributed by atoms with Gasteiger partial charge in [0.1, 0.15) is 11.5 Å². The molecule has 0 aliphatic heterocycles. The number of esters is 1. The minimum Gasteiger partial charge on any atom is -0.497 e. The Bertz CT molecular complexity index is 634. The predicted octanol–water partition coefficient (Wildman–Crippen LogP) is 3.32. The number of methoxy groups -OCH3 is 2. The molecule has 0 saturated heterocycles. The summed E-state index contributed by atoms with van der Waals surface area (Å²) in [6, 6.07) is 11.7. The zero-order valence-corrected chi connectivity index (χ0v) is 12.8. The standard InChI is InChI=1S/C17H18O5/c1-4-21-16-11-12(5-10-15(16)20-3)17(18)22-14-8-6-13(19-2)7-9-14/h5-11H,4H2,1-3H3. The number of benzene rings is 2. The lowest BCUT2D eigenvalue weighted by molar-refractivity contribution is 0.0734. The summed E-state index contributed by atoms with van der Waals surface area (Å²) in [6.07, 6.45) is 0. The van der Waals surface area contributed by atoms with Crippen molar-refractivity contribution >= 4 is 5.97 Å². The lowest BCUT2D eigenvalue weighted by Crippen LogP contribution is -2.09. The van der Waals surface area contributed by atoms with Crippen LogP contribution in [0.1, 0.15) is 17.3 Å². The molecule has 5 heteroatoms. The largest absolute Gasteiger partial charge is 0.497 e. The Hall–Kier alpha value is -2.69. The normalized spacial score (nSPS) is 9.95. The smallest absolute Gasteiger partial charge is 0.343 e. The van der Waals surface area contributed by atoms with E-state index in [-0.39, 0.29) is 0 Å². The van der Waals surface area contributed by atoms with Crippen molar-refractivity contribution in [3.63, 3.8) is 0 Å². The maximum absolute atomic E-state index is 12.2. The van der Waals surface area contributed by atoms with Gasteiger partial charge in [0.2, 0.25) is 0 Å². The maximum Gasteiger partial charge on any atom is 0.343 e. The van der Waals surface area contributed by atoms with Crippen LogP contribution < -0.4 is 18.9 Å². The van der Waals surface area contributed by atoms with Crippen LogP contribution >= 0.6 is 0 Å². The molecule has 0 aliphatic carbocycles. The molecule has 2 aromatic rings. The summed E-state index contributed by atoms with van der Waals surface area (Å²) in [5.41, 5.74) is 0.389. The van der Waals surface area contributed by atoms with Gasteiger partial charge in [-0.25, -0.2) is 4.79 Å². The highest BCUT2D eigenvalue weighted by atomic mass is 16.5. The van der Waals surface area contributed by atoms with E-state index >= 15 is 0 Å². The van der Waals surface area contributed by atoms with E-state index in [0.717, 1.165) is 0 Å². The van der Waals surface area contributed by atoms with Gasteiger partial charge < -0.3 is 18.9 Å². The Labute approximate surface area is 129 Å². The Morgan fingerprint density at radius 2 is 1.59 bits per heavy atom. The van der Waals surface area contributed by atoms with Crippen LogP contribution in [0, 0.1) is 0 Å². The van der Waals surface area contributed by atoms with Crippen molar-refractivity contribution in [2.75, 3.05) is 20.8 Å². The first-order valence-electron chi connectivity index (χ1n) is 6.85. The summed E-state index contributed by atoms with van der Waals surface area (Å²) in [5.74, 6) is 1.76. The quantitative estimate of drug-likeness (QED) is 0.605. The van der Waals surface area contributed by atoms with Gasteiger partial charge in [0.05, 0.1) is 26.4 Å². The second-order valence-electron chi connectivity index (χ2n) is 4.36. The van der Waals surface area contributed by atoms with Gasteiger partial charge in [-0.1, -0.05) is 0 Å². The van der Waals surface area contributed by atoms with Crippen LogP contribution in [0.25, 0.3) is 0 Å². The number of hydrogen-bond donors (Lipinski definition) is 0. The van der Waals surface area contributed by atoms with Crippen LogP contribution in [0.5, 0.6) is 23.0 Å². The first-order chi connectivity index (χ1) is 10.7. The minimum atomic E-state index is -0.464. The van der Waals surface area contributed by atoms with Gasteiger partial charge in [-0.2, -0.15) is 0 Å². The highest BCUT2D eigenvalue weighted by molar-refractivity contribution is 5.91. The van der Waals surface area contributed by atoms with Crippen LogP contribution in [0.15, 0.2) is 42.5 Å². The third-order valence-electron chi connectivity index (χ3n) is 2.97. The number of carbonyl (C=O) groups is 1. The lowest BCUT2D eigenvalue weighted by atomic mass is 10.2. The first kappa shape index (κ1) is 15.7. The first-order valence-corrected chi connectivity index (χ1v) is 6.85. The van der Waals surface area contributed by atoms with Crippen molar-refractivity contribution in [2.24, 2.45) is 0 Å². The van der Waals surface area contributed by atoms with E-state index in [1.165, 1.54) is 0 Å². The third-order valence-corrected chi connectivity index (χ3v) is 2.97. The molecule has 0 atom stereocenters. The molecule has 0 bridgehead atoms. The summed E-state index contributed by atoms with van der Waals surface area (Å²) in [4.78, 5) is 12.2. The highest BCUT2D eigenvalue weighted by Gasteiger charge is 2.13. The van der Waals surface area contributed by atoms with Gasteiger partial charge in [-0.05, 0) is 49.4 Å². The van der Waals surface area contributed by atoms with Crippen molar-refractivity contribution in [3.8, 4) is 23.0 Å². The average Bonchev–Trinajstić information content (AvgIpc) is 2.55. The molecule has 0 radical (unpaired) electrons. The fourth-order valence-corrected chi connectivity index (χ4v) is 1.88. The van der Waals surface area contributed by atoms with Crippen LogP contribution in [-0.4, -0.2) is 26.8 Å². The molecule has 2 aromatic carbocycles. The Morgan fingerprint density at radius 3 is 2.18 bits per heavy atom. The van der Waals surface area contributed by atoms with Crippen LogP contribution in [0.3, 0.4) is 0 Å². The zero-order chi connectivity index (χ0) is 15.9. The van der Waals surface area contributed by atoms with Crippen molar-refractivity contribution in [1.82, 2.24) is 0 Å². The van der Waals surface area contributed by atoms with E-state index in [1.807, 2.05) is 6.92 Å². The molecule has 2 rings (SSSR count). The molecule has 0 unspecified atom stereocenters. The Kier molecular flexibility index (Phi) is 5.25. The van der Waals surface area contributed by atoms with Crippen LogP contribution in [0.4, 0.5) is 0 Å². The van der Waals surface area contributed by atoms with Crippen LogP contribution in [0.2, 0.25) is 0 Å². The SMILES string of the molecule is CCOc1cc(C(=O)Oc2ccc(OC)cc2)ccc1OC. The molecule has 0 amide bonds. The number of ether oxygens (including phenoxy) is 4. The molecule has 116 valence electrons. The van der Waals surface area contributed by atoms with E-state index in [1.54, 1.807) is 56.7 Å². The van der Waals surface area contributed by atoms with E-state index in [2.05, 4.69) is 0 Å². The highest BCUT2D eigenvalue weighted by Crippen LogP contribution is 2.28. The molecule has 0 aromatic heterocycles. The maximum atomic E-state index is 12.2. The van der Waals surface area contributed by atoms with Gasteiger partial charge in [-0.15, -0.1) is 0 Å². The molecule has 0 spiro atoms. The monoisotopic (exact) mass is 302 g/mol. The third kappa shape index (κ3) is 3.69. The van der Waals surface area contributed by atoms with E-state index in [9.17, 15) is 4.79 Å². The van der Waals surface area contributed by atoms with Crippen molar-refractivity contribution in [1.29, 1.82) is 0 Å². The number of hydrogen-bond acceptors (Lipinski definition) is 5. The zero-order valence-electron chi connectivity index (χ0n) is 12.8. The molecule has 0 heterocycles. The van der Waals surface area contributed by atoms with E-state index in [4.69, 9.17) is 18.9 Å². The Morgan fingerprint density at radius 1 is 0.909 bits per heavy atom. The van der Waals surface area contributed by atoms with Gasteiger partial charge >= 0.3 is 5.97 Å². The molecule has 5 nitrogen and oxygen atoms in total. The van der Waals surface area contributed by atoms with Crippen molar-refractivity contribution in [3.05, 3.63) is 48.0 Å². The van der Waals surface area contributed by atoms with E-state index in [0.29, 0.717) is 35.2 Å². The molecule has 0 fully saturated rings. The lowest BCUT2D eigenvalue weighted by Gasteiger charge is -2.11. The summed E-state index contributed by atoms with van der Waals surface area (Å²) in [6.45, 7) is 2.34. The minimum absolute atomic E-state index is 0.389. The van der Waals surface area contributed by atoms with Gasteiger partial charge in [0.15, 0.2) is 11.5 Å². The number of carbonyl (C=O) groups excluding carboxylic acids is 1. The Balaban J connectivity index is 2.15. The summed E-state index contributed by atoms with van der Waals surface area (Å²) in [7, 11) is 3.13. The predicted molar refractivity (Wildman–Crippen MR) is 82.1 cm³/mol. The topological polar surface area (TPSA) is 54.0 Å². The van der Waals surface area contributed by atoms with Crippen LogP contribution in [-0.2, 0) is 0 Å². The fraction of sp³-hybridized carbons (Fsp3) is 0.235. The second-order valence-corrected chi connectivity index (χ2v) is 4.36. The fourth-order valence-electron chi connectivity index (χ4n) is 1.88.